The highest BCUT2D eigenvalue weighted by atomic mass is 16.2. The largest absolute Gasteiger partial charge is 0.368 e. The minimum absolute atomic E-state index is 0.000145. The van der Waals surface area contributed by atoms with Gasteiger partial charge in [-0.05, 0) is 37.3 Å². The summed E-state index contributed by atoms with van der Waals surface area (Å²) in [5, 5.41) is 7.22. The van der Waals surface area contributed by atoms with Crippen molar-refractivity contribution in [3.8, 4) is 16.9 Å². The van der Waals surface area contributed by atoms with Crippen molar-refractivity contribution in [3.63, 3.8) is 0 Å². The van der Waals surface area contributed by atoms with Gasteiger partial charge in [-0.15, -0.1) is 0 Å². The monoisotopic (exact) mass is 412 g/mol. The van der Waals surface area contributed by atoms with Crippen molar-refractivity contribution in [3.05, 3.63) is 84.6 Å². The summed E-state index contributed by atoms with van der Waals surface area (Å²) in [5.74, 6) is 0.000145. The van der Waals surface area contributed by atoms with Gasteiger partial charge in [-0.2, -0.15) is 5.10 Å². The van der Waals surface area contributed by atoms with Crippen LogP contribution in [0, 0.1) is 6.92 Å². The molecule has 1 aliphatic rings. The van der Waals surface area contributed by atoms with Crippen molar-refractivity contribution >= 4 is 11.6 Å². The Morgan fingerprint density at radius 1 is 0.935 bits per heavy atom. The van der Waals surface area contributed by atoms with Crippen molar-refractivity contribution in [2.24, 2.45) is 0 Å². The number of carbonyl (C=O) groups excluding carboxylic acids is 1. The lowest BCUT2D eigenvalue weighted by molar-refractivity contribution is 0.0741. The number of amides is 1. The van der Waals surface area contributed by atoms with Gasteiger partial charge in [0.15, 0.2) is 0 Å². The Bertz CT molecular complexity index is 1170. The molecule has 1 amide bonds. The second kappa shape index (κ2) is 8.10. The number of hydrogen-bond donors (Lipinski definition) is 1. The number of aromatic nitrogens is 4. The van der Waals surface area contributed by atoms with Crippen LogP contribution in [0.1, 0.15) is 16.2 Å². The van der Waals surface area contributed by atoms with Crippen LogP contribution in [0.15, 0.2) is 73.2 Å². The molecule has 3 heterocycles. The summed E-state index contributed by atoms with van der Waals surface area (Å²) in [6.07, 6.45) is 3.84. The number of nitrogens with zero attached hydrogens (tertiary/aromatic N) is 5. The molecule has 1 N–H and O–H groups in total. The molecule has 1 fully saturated rings. The second-order valence-electron chi connectivity index (χ2n) is 7.75. The summed E-state index contributed by atoms with van der Waals surface area (Å²) in [5.41, 5.74) is 5.57. The van der Waals surface area contributed by atoms with E-state index in [1.54, 1.807) is 0 Å². The highest BCUT2D eigenvalue weighted by Crippen LogP contribution is 2.21. The fourth-order valence-electron chi connectivity index (χ4n) is 3.92. The molecule has 31 heavy (non-hydrogen) atoms. The number of aromatic amines is 1. The Morgan fingerprint density at radius 2 is 1.65 bits per heavy atom. The Hall–Kier alpha value is -3.87. The van der Waals surface area contributed by atoms with Crippen LogP contribution < -0.4 is 4.90 Å². The van der Waals surface area contributed by atoms with Gasteiger partial charge in [0.1, 0.15) is 5.69 Å². The average Bonchev–Trinajstić information content (AvgIpc) is 3.49. The Balaban J connectivity index is 1.21. The first-order chi connectivity index (χ1) is 15.2. The molecule has 2 aromatic carbocycles. The predicted octanol–water partition coefficient (Wildman–Crippen LogP) is 3.53. The lowest BCUT2D eigenvalue weighted by atomic mass is 10.1. The molecule has 7 heteroatoms. The summed E-state index contributed by atoms with van der Waals surface area (Å²) in [6, 6.07) is 20.2. The van der Waals surface area contributed by atoms with Crippen molar-refractivity contribution in [2.45, 2.75) is 6.92 Å². The SMILES string of the molecule is Cc1cn(-c2ccc(N3CCN(C(=O)c4cc(-c5ccccc5)n[nH]4)CC3)cc2)cn1. The Morgan fingerprint density at radius 3 is 2.32 bits per heavy atom. The van der Waals surface area contributed by atoms with Crippen LogP contribution in [0.3, 0.4) is 0 Å². The van der Waals surface area contributed by atoms with E-state index in [4.69, 9.17) is 0 Å². The van der Waals surface area contributed by atoms with E-state index in [-0.39, 0.29) is 5.91 Å². The van der Waals surface area contributed by atoms with Gasteiger partial charge in [0, 0.05) is 49.3 Å². The first-order valence-corrected chi connectivity index (χ1v) is 10.4. The Kier molecular flexibility index (Phi) is 5.00. The number of benzene rings is 2. The fourth-order valence-corrected chi connectivity index (χ4v) is 3.92. The minimum Gasteiger partial charge on any atom is -0.368 e. The highest BCUT2D eigenvalue weighted by Gasteiger charge is 2.24. The van der Waals surface area contributed by atoms with E-state index in [1.807, 2.05) is 65.3 Å². The predicted molar refractivity (Wildman–Crippen MR) is 120 cm³/mol. The molecule has 0 atom stereocenters. The normalized spacial score (nSPS) is 14.1. The van der Waals surface area contributed by atoms with E-state index >= 15 is 0 Å². The number of H-pyrrole nitrogens is 1. The van der Waals surface area contributed by atoms with E-state index in [0.29, 0.717) is 18.8 Å². The van der Waals surface area contributed by atoms with E-state index < -0.39 is 0 Å². The molecule has 0 aliphatic carbocycles. The number of anilines is 1. The number of piperazine rings is 1. The van der Waals surface area contributed by atoms with Crippen LogP contribution >= 0.6 is 0 Å². The summed E-state index contributed by atoms with van der Waals surface area (Å²) in [7, 11) is 0. The maximum absolute atomic E-state index is 12.9. The zero-order valence-corrected chi connectivity index (χ0v) is 17.4. The quantitative estimate of drug-likeness (QED) is 0.557. The first kappa shape index (κ1) is 19.1. The molecule has 2 aromatic heterocycles. The maximum Gasteiger partial charge on any atom is 0.272 e. The van der Waals surface area contributed by atoms with Gasteiger partial charge in [-0.25, -0.2) is 4.98 Å². The van der Waals surface area contributed by atoms with Crippen LogP contribution in [0.4, 0.5) is 5.69 Å². The van der Waals surface area contributed by atoms with Gasteiger partial charge in [0.25, 0.3) is 5.91 Å². The van der Waals surface area contributed by atoms with E-state index in [0.717, 1.165) is 35.7 Å². The highest BCUT2D eigenvalue weighted by molar-refractivity contribution is 5.93. The summed E-state index contributed by atoms with van der Waals surface area (Å²) in [6.45, 7) is 4.95. The van der Waals surface area contributed by atoms with Crippen LogP contribution in [0.25, 0.3) is 16.9 Å². The number of rotatable bonds is 4. The number of hydrogen-bond acceptors (Lipinski definition) is 4. The molecule has 1 aliphatic heterocycles. The molecule has 0 saturated carbocycles. The number of nitrogens with one attached hydrogen (secondary N) is 1. The van der Waals surface area contributed by atoms with Crippen molar-refractivity contribution in [2.75, 3.05) is 31.1 Å². The lowest BCUT2D eigenvalue weighted by Gasteiger charge is -2.36. The molecule has 0 unspecified atom stereocenters. The van der Waals surface area contributed by atoms with Gasteiger partial charge in [-0.1, -0.05) is 30.3 Å². The zero-order valence-electron chi connectivity index (χ0n) is 17.4. The molecular formula is C24H24N6O. The van der Waals surface area contributed by atoms with Crippen molar-refractivity contribution in [1.82, 2.24) is 24.6 Å². The van der Waals surface area contributed by atoms with Crippen molar-refractivity contribution < 1.29 is 4.79 Å². The Labute approximate surface area is 181 Å². The fraction of sp³-hybridized carbons (Fsp3) is 0.208. The summed E-state index contributed by atoms with van der Waals surface area (Å²) < 4.78 is 2.02. The molecule has 1 saturated heterocycles. The lowest BCUT2D eigenvalue weighted by Crippen LogP contribution is -2.48. The number of aryl methyl sites for hydroxylation is 1. The van der Waals surface area contributed by atoms with E-state index in [2.05, 4.69) is 44.3 Å². The van der Waals surface area contributed by atoms with Crippen LogP contribution in [-0.4, -0.2) is 56.7 Å². The topological polar surface area (TPSA) is 70.1 Å². The van der Waals surface area contributed by atoms with Crippen LogP contribution in [0.5, 0.6) is 0 Å². The van der Waals surface area contributed by atoms with Gasteiger partial charge in [0.05, 0.1) is 17.7 Å². The molecule has 5 rings (SSSR count). The van der Waals surface area contributed by atoms with Gasteiger partial charge in [-0.3, -0.25) is 9.89 Å². The molecular weight excluding hydrogens is 388 g/mol. The first-order valence-electron chi connectivity index (χ1n) is 10.4. The third-order valence-electron chi connectivity index (χ3n) is 5.67. The minimum atomic E-state index is 0.000145. The van der Waals surface area contributed by atoms with Crippen LogP contribution in [0.2, 0.25) is 0 Å². The standard InChI is InChI=1S/C24H24N6O/c1-18-16-30(17-25-18)21-9-7-20(8-10-21)28-11-13-29(14-12-28)24(31)23-15-22(26-27-23)19-5-3-2-4-6-19/h2-10,15-17H,11-14H2,1H3,(H,26,27). The number of carbonyl (C=O) groups is 1. The molecule has 7 nitrogen and oxygen atoms in total. The third kappa shape index (κ3) is 3.94. The molecule has 0 bridgehead atoms. The van der Waals surface area contributed by atoms with Crippen molar-refractivity contribution in [1.29, 1.82) is 0 Å². The van der Waals surface area contributed by atoms with E-state index in [1.165, 1.54) is 5.69 Å². The summed E-state index contributed by atoms with van der Waals surface area (Å²) in [4.78, 5) is 21.4. The smallest absolute Gasteiger partial charge is 0.272 e. The molecule has 0 radical (unpaired) electrons. The zero-order chi connectivity index (χ0) is 21.2. The van der Waals surface area contributed by atoms with E-state index in [9.17, 15) is 4.79 Å². The number of imidazole rings is 1. The molecule has 4 aromatic rings. The second-order valence-corrected chi connectivity index (χ2v) is 7.75. The third-order valence-corrected chi connectivity index (χ3v) is 5.67. The van der Waals surface area contributed by atoms with Gasteiger partial charge < -0.3 is 14.4 Å². The van der Waals surface area contributed by atoms with Gasteiger partial charge >= 0.3 is 0 Å². The molecule has 156 valence electrons. The maximum atomic E-state index is 12.9. The molecule has 0 spiro atoms. The van der Waals surface area contributed by atoms with Gasteiger partial charge in [0.2, 0.25) is 0 Å². The van der Waals surface area contributed by atoms with Crippen LogP contribution in [-0.2, 0) is 0 Å². The average molecular weight is 412 g/mol. The summed E-state index contributed by atoms with van der Waals surface area (Å²) >= 11 is 0.